The van der Waals surface area contributed by atoms with Gasteiger partial charge in [-0.05, 0) is 13.3 Å². The van der Waals surface area contributed by atoms with Gasteiger partial charge in [0, 0.05) is 12.8 Å². The summed E-state index contributed by atoms with van der Waals surface area (Å²) in [5, 5.41) is 8.97. The van der Waals surface area contributed by atoms with Crippen LogP contribution in [0.2, 0.25) is 0 Å². The predicted molar refractivity (Wildman–Crippen MR) is 64.7 cm³/mol. The van der Waals surface area contributed by atoms with Crippen LogP contribution in [0.4, 0.5) is 0 Å². The second-order valence-electron chi connectivity index (χ2n) is 4.72. The van der Waals surface area contributed by atoms with E-state index in [-0.39, 0.29) is 30.9 Å². The summed E-state index contributed by atoms with van der Waals surface area (Å²) in [7, 11) is 0. The second kappa shape index (κ2) is 7.67. The fourth-order valence-electron chi connectivity index (χ4n) is 2.08. The number of esters is 1. The fourth-order valence-corrected chi connectivity index (χ4v) is 2.08. The zero-order chi connectivity index (χ0) is 12.7. The Morgan fingerprint density at radius 1 is 1.41 bits per heavy atom. The summed E-state index contributed by atoms with van der Waals surface area (Å²) in [6.45, 7) is 4.02. The summed E-state index contributed by atoms with van der Waals surface area (Å²) in [5.74, 6) is -0.139. The van der Waals surface area contributed by atoms with Crippen molar-refractivity contribution in [3.8, 4) is 0 Å². The van der Waals surface area contributed by atoms with Gasteiger partial charge in [-0.2, -0.15) is 0 Å². The average Bonchev–Trinajstić information content (AvgIpc) is 2.66. The van der Waals surface area contributed by atoms with Crippen LogP contribution in [-0.2, 0) is 14.3 Å². The van der Waals surface area contributed by atoms with Gasteiger partial charge in [0.25, 0.3) is 0 Å². The molecular formula is C13H24O4. The number of carbonyl (C=O) groups excluding carboxylic acids is 1. The van der Waals surface area contributed by atoms with E-state index in [0.717, 1.165) is 12.8 Å². The normalized spacial score (nSPS) is 28.3. The summed E-state index contributed by atoms with van der Waals surface area (Å²) < 4.78 is 10.8. The summed E-state index contributed by atoms with van der Waals surface area (Å²) in [5.41, 5.74) is 0. The van der Waals surface area contributed by atoms with Crippen LogP contribution in [0.15, 0.2) is 0 Å². The van der Waals surface area contributed by atoms with Crippen LogP contribution in [0.5, 0.6) is 0 Å². The number of hydrogen-bond acceptors (Lipinski definition) is 4. The molecule has 1 heterocycles. The third-order valence-electron chi connectivity index (χ3n) is 3.15. The minimum atomic E-state index is -0.189. The Hall–Kier alpha value is -0.610. The van der Waals surface area contributed by atoms with Gasteiger partial charge in [0.05, 0.1) is 18.8 Å². The van der Waals surface area contributed by atoms with Crippen molar-refractivity contribution in [3.05, 3.63) is 0 Å². The largest absolute Gasteiger partial charge is 0.459 e. The topological polar surface area (TPSA) is 55.8 Å². The Kier molecular flexibility index (Phi) is 6.52. The lowest BCUT2D eigenvalue weighted by Gasteiger charge is -2.14. The molecule has 0 aliphatic carbocycles. The third kappa shape index (κ3) is 5.04. The van der Waals surface area contributed by atoms with E-state index in [2.05, 4.69) is 6.92 Å². The zero-order valence-electron chi connectivity index (χ0n) is 10.9. The van der Waals surface area contributed by atoms with Crippen LogP contribution in [0, 0.1) is 0 Å². The molecule has 0 aromatic heterocycles. The first-order chi connectivity index (χ1) is 8.17. The van der Waals surface area contributed by atoms with Gasteiger partial charge >= 0.3 is 5.97 Å². The van der Waals surface area contributed by atoms with Crippen LogP contribution < -0.4 is 0 Å². The number of ether oxygens (including phenoxy) is 2. The van der Waals surface area contributed by atoms with Crippen LogP contribution in [0.3, 0.4) is 0 Å². The molecule has 1 rings (SSSR count). The third-order valence-corrected chi connectivity index (χ3v) is 3.15. The van der Waals surface area contributed by atoms with Gasteiger partial charge in [0.1, 0.15) is 6.10 Å². The number of aliphatic hydroxyl groups is 1. The highest BCUT2D eigenvalue weighted by Crippen LogP contribution is 2.23. The van der Waals surface area contributed by atoms with Gasteiger partial charge in [-0.3, -0.25) is 4.79 Å². The smallest absolute Gasteiger partial charge is 0.306 e. The zero-order valence-corrected chi connectivity index (χ0v) is 10.9. The van der Waals surface area contributed by atoms with Crippen LogP contribution >= 0.6 is 0 Å². The van der Waals surface area contributed by atoms with Gasteiger partial charge in [-0.15, -0.1) is 0 Å². The van der Waals surface area contributed by atoms with Crippen molar-refractivity contribution < 1.29 is 19.4 Å². The molecule has 17 heavy (non-hydrogen) atoms. The van der Waals surface area contributed by atoms with Crippen molar-refractivity contribution in [2.45, 2.75) is 70.7 Å². The summed E-state index contributed by atoms with van der Waals surface area (Å²) >= 11 is 0. The summed E-state index contributed by atoms with van der Waals surface area (Å²) in [6, 6.07) is 0. The Balaban J connectivity index is 2.17. The highest BCUT2D eigenvalue weighted by Gasteiger charge is 2.34. The lowest BCUT2D eigenvalue weighted by Crippen LogP contribution is -2.24. The molecule has 1 aliphatic heterocycles. The first kappa shape index (κ1) is 14.5. The standard InChI is InChI=1S/C13H24O4/c1-3-4-5-6-7-13(15)17-12-8-11(9-14)16-10(12)2/h10-12,14H,3-9H2,1-2H3/t10-,11-,12?/m0/s1. The van der Waals surface area contributed by atoms with Gasteiger partial charge in [-0.25, -0.2) is 0 Å². The molecule has 1 N–H and O–H groups in total. The SMILES string of the molecule is CCCCCCC(=O)OC1C[C@@H](CO)O[C@H]1C. The van der Waals surface area contributed by atoms with E-state index >= 15 is 0 Å². The molecule has 4 heteroatoms. The van der Waals surface area contributed by atoms with Crippen LogP contribution in [-0.4, -0.2) is 36.0 Å². The maximum Gasteiger partial charge on any atom is 0.306 e. The van der Waals surface area contributed by atoms with Crippen molar-refractivity contribution >= 4 is 5.97 Å². The molecule has 100 valence electrons. The molecule has 0 amide bonds. The highest BCUT2D eigenvalue weighted by atomic mass is 16.6. The molecule has 0 aromatic carbocycles. The molecule has 0 spiro atoms. The Morgan fingerprint density at radius 3 is 2.76 bits per heavy atom. The van der Waals surface area contributed by atoms with Crippen molar-refractivity contribution in [1.82, 2.24) is 0 Å². The van der Waals surface area contributed by atoms with E-state index < -0.39 is 0 Å². The van der Waals surface area contributed by atoms with E-state index in [4.69, 9.17) is 14.6 Å². The van der Waals surface area contributed by atoms with Gasteiger partial charge in [0.2, 0.25) is 0 Å². The molecule has 0 bridgehead atoms. The molecule has 1 aliphatic rings. The number of rotatable bonds is 7. The van der Waals surface area contributed by atoms with E-state index in [1.807, 2.05) is 6.92 Å². The molecule has 1 unspecified atom stereocenters. The molecule has 0 radical (unpaired) electrons. The second-order valence-corrected chi connectivity index (χ2v) is 4.72. The van der Waals surface area contributed by atoms with Crippen LogP contribution in [0.1, 0.15) is 52.4 Å². The molecule has 1 fully saturated rings. The van der Waals surface area contributed by atoms with Crippen molar-refractivity contribution in [2.24, 2.45) is 0 Å². The molecule has 0 aromatic rings. The monoisotopic (exact) mass is 244 g/mol. The Labute approximate surface area is 103 Å². The first-order valence-corrected chi connectivity index (χ1v) is 6.63. The Morgan fingerprint density at radius 2 is 2.18 bits per heavy atom. The predicted octanol–water partition coefficient (Wildman–Crippen LogP) is 2.04. The minimum absolute atomic E-state index is 0.00507. The lowest BCUT2D eigenvalue weighted by molar-refractivity contribution is -0.151. The quantitative estimate of drug-likeness (QED) is 0.550. The average molecular weight is 244 g/mol. The van der Waals surface area contributed by atoms with Gasteiger partial charge < -0.3 is 14.6 Å². The van der Waals surface area contributed by atoms with E-state index in [0.29, 0.717) is 12.8 Å². The number of hydrogen-bond donors (Lipinski definition) is 1. The van der Waals surface area contributed by atoms with E-state index in [9.17, 15) is 4.79 Å². The minimum Gasteiger partial charge on any atom is -0.459 e. The fraction of sp³-hybridized carbons (Fsp3) is 0.923. The maximum absolute atomic E-state index is 11.6. The molecule has 4 nitrogen and oxygen atoms in total. The highest BCUT2D eigenvalue weighted by molar-refractivity contribution is 5.69. The molecule has 0 saturated carbocycles. The summed E-state index contributed by atoms with van der Waals surface area (Å²) in [6.07, 6.45) is 4.95. The number of carbonyl (C=O) groups is 1. The van der Waals surface area contributed by atoms with Crippen molar-refractivity contribution in [2.75, 3.05) is 6.61 Å². The van der Waals surface area contributed by atoms with Crippen LogP contribution in [0.25, 0.3) is 0 Å². The van der Waals surface area contributed by atoms with Crippen molar-refractivity contribution in [3.63, 3.8) is 0 Å². The Bertz CT molecular complexity index is 229. The van der Waals surface area contributed by atoms with E-state index in [1.165, 1.54) is 12.8 Å². The van der Waals surface area contributed by atoms with E-state index in [1.54, 1.807) is 0 Å². The number of unbranched alkanes of at least 4 members (excludes halogenated alkanes) is 3. The van der Waals surface area contributed by atoms with Crippen molar-refractivity contribution in [1.29, 1.82) is 0 Å². The van der Waals surface area contributed by atoms with Gasteiger partial charge in [0.15, 0.2) is 0 Å². The molecule has 1 saturated heterocycles. The summed E-state index contributed by atoms with van der Waals surface area (Å²) in [4.78, 5) is 11.6. The lowest BCUT2D eigenvalue weighted by atomic mass is 10.1. The van der Waals surface area contributed by atoms with Gasteiger partial charge in [-0.1, -0.05) is 26.2 Å². The maximum atomic E-state index is 11.6. The molecule has 3 atom stereocenters. The molecular weight excluding hydrogens is 220 g/mol. The number of aliphatic hydroxyl groups excluding tert-OH is 1. The first-order valence-electron chi connectivity index (χ1n) is 6.63.